The van der Waals surface area contributed by atoms with Crippen LogP contribution >= 0.6 is 11.7 Å². The molecule has 0 aliphatic carbocycles. The Balaban J connectivity index is 1.54. The second-order valence-corrected chi connectivity index (χ2v) is 8.00. The molecule has 0 amide bonds. The summed E-state index contributed by atoms with van der Waals surface area (Å²) in [5, 5.41) is 0. The minimum Gasteiger partial charge on any atom is -0.357 e. The molecule has 3 aromatic rings. The zero-order valence-corrected chi connectivity index (χ0v) is 14.9. The van der Waals surface area contributed by atoms with Crippen molar-refractivity contribution in [2.45, 2.75) is 24.3 Å². The van der Waals surface area contributed by atoms with Crippen LogP contribution in [-0.2, 0) is 16.6 Å². The minimum absolute atomic E-state index is 0.0258. The number of nitrogens with zero attached hydrogens (tertiary/aromatic N) is 5. The molecule has 0 radical (unpaired) electrons. The number of benzene rings is 1. The number of fused-ring (bicyclic) bond motifs is 1. The Hall–Kier alpha value is -2.17. The van der Waals surface area contributed by atoms with Gasteiger partial charge in [-0.25, -0.2) is 23.1 Å². The first-order valence-electron chi connectivity index (χ1n) is 7.91. The van der Waals surface area contributed by atoms with Gasteiger partial charge in [0.2, 0.25) is 10.0 Å². The first-order valence-corrected chi connectivity index (χ1v) is 10.1. The van der Waals surface area contributed by atoms with Crippen molar-refractivity contribution >= 4 is 38.6 Å². The summed E-state index contributed by atoms with van der Waals surface area (Å²) in [6, 6.07) is 6.77. The number of nitrogens with one attached hydrogen (secondary N) is 1. The molecule has 1 saturated heterocycles. The molecule has 1 N–H and O–H groups in total. The van der Waals surface area contributed by atoms with Crippen molar-refractivity contribution in [1.29, 1.82) is 0 Å². The van der Waals surface area contributed by atoms with Crippen LogP contribution in [0.2, 0.25) is 0 Å². The summed E-state index contributed by atoms with van der Waals surface area (Å²) >= 11 is 0.991. The summed E-state index contributed by atoms with van der Waals surface area (Å²) in [5.41, 5.74) is 0.951. The van der Waals surface area contributed by atoms with Crippen molar-refractivity contribution in [3.05, 3.63) is 36.3 Å². The van der Waals surface area contributed by atoms with Gasteiger partial charge in [0.1, 0.15) is 27.6 Å². The van der Waals surface area contributed by atoms with Crippen LogP contribution in [0, 0.1) is 0 Å². The van der Waals surface area contributed by atoms with Crippen molar-refractivity contribution in [3.63, 3.8) is 0 Å². The lowest BCUT2D eigenvalue weighted by Gasteiger charge is -2.16. The maximum Gasteiger partial charge on any atom is 0.243 e. The molecule has 0 bridgehead atoms. The highest BCUT2D eigenvalue weighted by molar-refractivity contribution is 7.89. The van der Waals surface area contributed by atoms with E-state index >= 15 is 0 Å². The first kappa shape index (κ1) is 16.3. The third kappa shape index (κ3) is 3.32. The van der Waals surface area contributed by atoms with Crippen molar-refractivity contribution in [2.24, 2.45) is 0 Å². The molecule has 0 spiro atoms. The first-order chi connectivity index (χ1) is 12.1. The van der Waals surface area contributed by atoms with Crippen LogP contribution < -0.4 is 9.62 Å². The largest absolute Gasteiger partial charge is 0.357 e. The molecule has 2 aromatic heterocycles. The van der Waals surface area contributed by atoms with Gasteiger partial charge < -0.3 is 4.90 Å². The smallest absolute Gasteiger partial charge is 0.243 e. The quantitative estimate of drug-likeness (QED) is 0.721. The average Bonchev–Trinajstić information content (AvgIpc) is 3.31. The molecule has 3 heterocycles. The molecule has 1 aliphatic heterocycles. The van der Waals surface area contributed by atoms with Crippen LogP contribution in [0.1, 0.15) is 18.7 Å². The maximum atomic E-state index is 12.6. The van der Waals surface area contributed by atoms with E-state index in [2.05, 4.69) is 28.3 Å². The molecule has 25 heavy (non-hydrogen) atoms. The third-order valence-electron chi connectivity index (χ3n) is 4.08. The zero-order valence-electron chi connectivity index (χ0n) is 13.3. The molecule has 10 heteroatoms. The summed E-state index contributed by atoms with van der Waals surface area (Å²) in [6.45, 7) is 1.97. The normalized spacial score (nSPS) is 15.1. The highest BCUT2D eigenvalue weighted by Gasteiger charge is 2.20. The number of hydrogen-bond acceptors (Lipinski definition) is 8. The Labute approximate surface area is 149 Å². The van der Waals surface area contributed by atoms with Crippen LogP contribution in [0.3, 0.4) is 0 Å². The van der Waals surface area contributed by atoms with Crippen molar-refractivity contribution in [1.82, 2.24) is 23.4 Å². The van der Waals surface area contributed by atoms with Gasteiger partial charge in [0.15, 0.2) is 0 Å². The average molecular weight is 376 g/mol. The third-order valence-corrected chi connectivity index (χ3v) is 6.06. The van der Waals surface area contributed by atoms with E-state index in [4.69, 9.17) is 0 Å². The Morgan fingerprint density at radius 2 is 2.00 bits per heavy atom. The predicted octanol–water partition coefficient (Wildman–Crippen LogP) is 1.56. The molecule has 130 valence electrons. The van der Waals surface area contributed by atoms with Crippen LogP contribution in [-0.4, -0.2) is 40.2 Å². The van der Waals surface area contributed by atoms with Gasteiger partial charge >= 0.3 is 0 Å². The zero-order chi connectivity index (χ0) is 17.3. The van der Waals surface area contributed by atoms with Crippen molar-refractivity contribution in [2.75, 3.05) is 18.0 Å². The molecule has 1 fully saturated rings. The van der Waals surface area contributed by atoms with E-state index in [0.29, 0.717) is 16.9 Å². The number of sulfonamides is 1. The number of aromatic nitrogens is 4. The monoisotopic (exact) mass is 376 g/mol. The molecule has 0 atom stereocenters. The second kappa shape index (κ2) is 6.62. The number of anilines is 1. The van der Waals surface area contributed by atoms with Crippen molar-refractivity contribution < 1.29 is 8.42 Å². The SMILES string of the molecule is O=S(=O)(NCc1nccc(N2CCCC2)n1)c1cccc2nsnc12. The Bertz CT molecular complexity index is 998. The molecular weight excluding hydrogens is 360 g/mol. The van der Waals surface area contributed by atoms with Gasteiger partial charge in [-0.3, -0.25) is 0 Å². The highest BCUT2D eigenvalue weighted by atomic mass is 32.2. The predicted molar refractivity (Wildman–Crippen MR) is 94.9 cm³/mol. The molecule has 1 aromatic carbocycles. The lowest BCUT2D eigenvalue weighted by atomic mass is 10.3. The fraction of sp³-hybridized carbons (Fsp3) is 0.333. The molecule has 4 rings (SSSR count). The van der Waals surface area contributed by atoms with E-state index in [1.54, 1.807) is 18.3 Å². The molecular formula is C15H16N6O2S2. The lowest BCUT2D eigenvalue weighted by molar-refractivity contribution is 0.580. The van der Waals surface area contributed by atoms with Crippen LogP contribution in [0.4, 0.5) is 5.82 Å². The van der Waals surface area contributed by atoms with Gasteiger partial charge in [-0.2, -0.15) is 8.75 Å². The summed E-state index contributed by atoms with van der Waals surface area (Å²) in [5.74, 6) is 1.28. The summed E-state index contributed by atoms with van der Waals surface area (Å²) in [7, 11) is -3.73. The van der Waals surface area contributed by atoms with E-state index < -0.39 is 10.0 Å². The maximum absolute atomic E-state index is 12.6. The fourth-order valence-electron chi connectivity index (χ4n) is 2.83. The van der Waals surface area contributed by atoms with Gasteiger partial charge in [0.05, 0.1) is 18.3 Å². The standard InChI is InChI=1S/C15H16N6O2S2/c22-25(23,12-5-3-4-11-15(12)20-24-19-11)17-10-13-16-7-6-14(18-13)21-8-1-2-9-21/h3-7,17H,1-2,8-10H2. The molecule has 8 nitrogen and oxygen atoms in total. The number of hydrogen-bond donors (Lipinski definition) is 1. The van der Waals surface area contributed by atoms with Gasteiger partial charge in [-0.1, -0.05) is 6.07 Å². The van der Waals surface area contributed by atoms with Gasteiger partial charge in [0, 0.05) is 19.3 Å². The second-order valence-electron chi connectivity index (χ2n) is 5.74. The van der Waals surface area contributed by atoms with E-state index in [1.807, 2.05) is 6.07 Å². The molecule has 0 saturated carbocycles. The Morgan fingerprint density at radius 1 is 1.16 bits per heavy atom. The lowest BCUT2D eigenvalue weighted by Crippen LogP contribution is -2.25. The molecule has 0 unspecified atom stereocenters. The summed E-state index contributed by atoms with van der Waals surface area (Å²) < 4.78 is 35.9. The van der Waals surface area contributed by atoms with E-state index in [1.165, 1.54) is 6.07 Å². The van der Waals surface area contributed by atoms with E-state index in [-0.39, 0.29) is 11.4 Å². The Kier molecular flexibility index (Phi) is 4.32. The molecule has 1 aliphatic rings. The fourth-order valence-corrected chi connectivity index (χ4v) is 4.58. The summed E-state index contributed by atoms with van der Waals surface area (Å²) in [6.07, 6.45) is 3.96. The summed E-state index contributed by atoms with van der Waals surface area (Å²) in [4.78, 5) is 10.9. The highest BCUT2D eigenvalue weighted by Crippen LogP contribution is 2.21. The number of rotatable bonds is 5. The Morgan fingerprint density at radius 3 is 2.84 bits per heavy atom. The van der Waals surface area contributed by atoms with E-state index in [9.17, 15) is 8.42 Å². The topological polar surface area (TPSA) is 101 Å². The van der Waals surface area contributed by atoms with E-state index in [0.717, 1.165) is 43.5 Å². The van der Waals surface area contributed by atoms with Crippen LogP contribution in [0.25, 0.3) is 11.0 Å². The van der Waals surface area contributed by atoms with Gasteiger partial charge in [-0.15, -0.1) is 0 Å². The van der Waals surface area contributed by atoms with Gasteiger partial charge in [0.25, 0.3) is 0 Å². The van der Waals surface area contributed by atoms with Gasteiger partial charge in [-0.05, 0) is 31.0 Å². The van der Waals surface area contributed by atoms with Crippen molar-refractivity contribution in [3.8, 4) is 0 Å². The van der Waals surface area contributed by atoms with Crippen LogP contribution in [0.5, 0.6) is 0 Å². The minimum atomic E-state index is -3.73. The van der Waals surface area contributed by atoms with Crippen LogP contribution in [0.15, 0.2) is 35.4 Å².